The van der Waals surface area contributed by atoms with Crippen molar-refractivity contribution in [2.24, 2.45) is 10.7 Å². The van der Waals surface area contributed by atoms with E-state index in [0.717, 1.165) is 24.4 Å². The molecule has 0 amide bonds. The molecule has 0 saturated carbocycles. The van der Waals surface area contributed by atoms with Crippen molar-refractivity contribution in [3.8, 4) is 0 Å². The highest BCUT2D eigenvalue weighted by Crippen LogP contribution is 2.19. The van der Waals surface area contributed by atoms with Crippen LogP contribution in [0.2, 0.25) is 0 Å². The SMILES string of the molecule is NC1=CN=C(Cc2ccccc2)CN1c1ccccc1. The fourth-order valence-corrected chi connectivity index (χ4v) is 2.32. The van der Waals surface area contributed by atoms with Crippen LogP contribution in [0.5, 0.6) is 0 Å². The van der Waals surface area contributed by atoms with Gasteiger partial charge in [-0.25, -0.2) is 0 Å². The van der Waals surface area contributed by atoms with Crippen LogP contribution in [0.4, 0.5) is 5.69 Å². The molecule has 20 heavy (non-hydrogen) atoms. The van der Waals surface area contributed by atoms with E-state index < -0.39 is 0 Å². The van der Waals surface area contributed by atoms with Gasteiger partial charge in [-0.2, -0.15) is 0 Å². The number of rotatable bonds is 3. The minimum Gasteiger partial charge on any atom is -0.384 e. The standard InChI is InChI=1S/C17H17N3/c18-17-12-19-15(11-14-7-3-1-4-8-14)13-20(17)16-9-5-2-6-10-16/h1-10,12H,11,13,18H2. The highest BCUT2D eigenvalue weighted by molar-refractivity contribution is 5.92. The Morgan fingerprint density at radius 1 is 0.950 bits per heavy atom. The number of aliphatic imine (C=N–C) groups is 1. The third kappa shape index (κ3) is 2.72. The van der Waals surface area contributed by atoms with E-state index >= 15 is 0 Å². The summed E-state index contributed by atoms with van der Waals surface area (Å²) in [5, 5.41) is 0. The number of nitrogens with two attached hydrogens (primary N) is 1. The zero-order valence-electron chi connectivity index (χ0n) is 11.2. The molecule has 1 aliphatic heterocycles. The molecule has 100 valence electrons. The van der Waals surface area contributed by atoms with Crippen LogP contribution in [0.1, 0.15) is 5.56 Å². The Labute approximate surface area is 119 Å². The molecule has 1 heterocycles. The lowest BCUT2D eigenvalue weighted by molar-refractivity contribution is 0.963. The molecule has 3 nitrogen and oxygen atoms in total. The normalized spacial score (nSPS) is 14.7. The fourth-order valence-electron chi connectivity index (χ4n) is 2.32. The Morgan fingerprint density at radius 3 is 2.30 bits per heavy atom. The summed E-state index contributed by atoms with van der Waals surface area (Å²) in [7, 11) is 0. The van der Waals surface area contributed by atoms with Gasteiger partial charge in [0.2, 0.25) is 0 Å². The van der Waals surface area contributed by atoms with E-state index in [1.165, 1.54) is 5.56 Å². The molecule has 2 aromatic rings. The molecule has 3 rings (SSSR count). The molecule has 2 N–H and O–H groups in total. The lowest BCUT2D eigenvalue weighted by atomic mass is 10.1. The summed E-state index contributed by atoms with van der Waals surface area (Å²) in [4.78, 5) is 6.56. The Bertz CT molecular complexity index is 630. The van der Waals surface area contributed by atoms with Gasteiger partial charge in [-0.05, 0) is 17.7 Å². The number of anilines is 1. The molecular formula is C17H17N3. The van der Waals surface area contributed by atoms with Gasteiger partial charge in [-0.15, -0.1) is 0 Å². The van der Waals surface area contributed by atoms with Crippen LogP contribution < -0.4 is 10.6 Å². The summed E-state index contributed by atoms with van der Waals surface area (Å²) in [5.74, 6) is 0.688. The van der Waals surface area contributed by atoms with Gasteiger partial charge in [0, 0.05) is 17.8 Å². The monoisotopic (exact) mass is 263 g/mol. The molecule has 0 unspecified atom stereocenters. The van der Waals surface area contributed by atoms with Crippen molar-refractivity contribution < 1.29 is 0 Å². The average Bonchev–Trinajstić information content (AvgIpc) is 2.51. The van der Waals surface area contributed by atoms with Crippen molar-refractivity contribution in [3.05, 3.63) is 78.2 Å². The number of para-hydroxylation sites is 1. The topological polar surface area (TPSA) is 41.6 Å². The maximum Gasteiger partial charge on any atom is 0.122 e. The van der Waals surface area contributed by atoms with Crippen molar-refractivity contribution in [2.45, 2.75) is 6.42 Å². The van der Waals surface area contributed by atoms with Gasteiger partial charge in [-0.1, -0.05) is 48.5 Å². The molecule has 2 aromatic carbocycles. The molecule has 0 bridgehead atoms. The van der Waals surface area contributed by atoms with E-state index in [1.54, 1.807) is 6.20 Å². The zero-order chi connectivity index (χ0) is 13.8. The molecular weight excluding hydrogens is 246 g/mol. The molecule has 3 heteroatoms. The van der Waals surface area contributed by atoms with Crippen molar-refractivity contribution in [3.63, 3.8) is 0 Å². The van der Waals surface area contributed by atoms with Crippen LogP contribution in [-0.2, 0) is 6.42 Å². The van der Waals surface area contributed by atoms with Gasteiger partial charge in [0.05, 0.1) is 12.7 Å². The minimum atomic E-state index is 0.688. The van der Waals surface area contributed by atoms with Gasteiger partial charge in [0.25, 0.3) is 0 Å². The second-order valence-corrected chi connectivity index (χ2v) is 4.83. The number of benzene rings is 2. The van der Waals surface area contributed by atoms with Crippen LogP contribution in [-0.4, -0.2) is 12.3 Å². The molecule has 0 fully saturated rings. The third-order valence-corrected chi connectivity index (χ3v) is 3.35. The Morgan fingerprint density at radius 2 is 1.60 bits per heavy atom. The van der Waals surface area contributed by atoms with Crippen LogP contribution >= 0.6 is 0 Å². The highest BCUT2D eigenvalue weighted by Gasteiger charge is 2.16. The quantitative estimate of drug-likeness (QED) is 0.925. The van der Waals surface area contributed by atoms with Crippen molar-refractivity contribution >= 4 is 11.4 Å². The summed E-state index contributed by atoms with van der Waals surface area (Å²) >= 11 is 0. The Hall–Kier alpha value is -2.55. The van der Waals surface area contributed by atoms with Crippen LogP contribution in [0.3, 0.4) is 0 Å². The predicted octanol–water partition coefficient (Wildman–Crippen LogP) is 2.95. The highest BCUT2D eigenvalue weighted by atomic mass is 15.2. The largest absolute Gasteiger partial charge is 0.384 e. The maximum atomic E-state index is 6.05. The first-order valence-electron chi connectivity index (χ1n) is 6.70. The van der Waals surface area contributed by atoms with E-state index in [9.17, 15) is 0 Å². The van der Waals surface area contributed by atoms with Gasteiger partial charge >= 0.3 is 0 Å². The summed E-state index contributed by atoms with van der Waals surface area (Å²) in [6, 6.07) is 20.5. The van der Waals surface area contributed by atoms with E-state index in [1.807, 2.05) is 24.3 Å². The van der Waals surface area contributed by atoms with Crippen molar-refractivity contribution in [1.29, 1.82) is 0 Å². The summed E-state index contributed by atoms with van der Waals surface area (Å²) in [6.07, 6.45) is 2.60. The van der Waals surface area contributed by atoms with Gasteiger partial charge in [0.15, 0.2) is 0 Å². The summed E-state index contributed by atoms with van der Waals surface area (Å²) in [5.41, 5.74) is 9.54. The maximum absolute atomic E-state index is 6.05. The first-order chi connectivity index (χ1) is 9.83. The fraction of sp³-hybridized carbons (Fsp3) is 0.118. The van der Waals surface area contributed by atoms with E-state index in [2.05, 4.69) is 46.3 Å². The van der Waals surface area contributed by atoms with Crippen LogP contribution in [0.25, 0.3) is 0 Å². The van der Waals surface area contributed by atoms with Crippen molar-refractivity contribution in [2.75, 3.05) is 11.4 Å². The summed E-state index contributed by atoms with van der Waals surface area (Å²) < 4.78 is 0. The van der Waals surface area contributed by atoms with Gasteiger partial charge in [0.1, 0.15) is 5.82 Å². The second kappa shape index (κ2) is 5.61. The molecule has 1 aliphatic rings. The number of hydrogen-bond acceptors (Lipinski definition) is 3. The molecule has 0 aromatic heterocycles. The van der Waals surface area contributed by atoms with E-state index in [0.29, 0.717) is 5.82 Å². The molecule has 0 radical (unpaired) electrons. The first-order valence-corrected chi connectivity index (χ1v) is 6.70. The Kier molecular flexibility index (Phi) is 3.50. The summed E-state index contributed by atoms with van der Waals surface area (Å²) in [6.45, 7) is 0.737. The third-order valence-electron chi connectivity index (χ3n) is 3.35. The first kappa shape index (κ1) is 12.5. The Balaban J connectivity index is 1.79. The molecule has 0 aliphatic carbocycles. The number of nitrogens with zero attached hydrogens (tertiary/aromatic N) is 2. The zero-order valence-corrected chi connectivity index (χ0v) is 11.2. The average molecular weight is 263 g/mol. The van der Waals surface area contributed by atoms with E-state index in [-0.39, 0.29) is 0 Å². The predicted molar refractivity (Wildman–Crippen MR) is 83.6 cm³/mol. The van der Waals surface area contributed by atoms with Gasteiger partial charge < -0.3 is 10.6 Å². The van der Waals surface area contributed by atoms with Crippen molar-refractivity contribution in [1.82, 2.24) is 0 Å². The molecule has 0 spiro atoms. The van der Waals surface area contributed by atoms with Gasteiger partial charge in [-0.3, -0.25) is 4.99 Å². The molecule has 0 atom stereocenters. The number of hydrogen-bond donors (Lipinski definition) is 1. The molecule has 0 saturated heterocycles. The lowest BCUT2D eigenvalue weighted by Crippen LogP contribution is -2.36. The second-order valence-electron chi connectivity index (χ2n) is 4.83. The lowest BCUT2D eigenvalue weighted by Gasteiger charge is -2.28. The minimum absolute atomic E-state index is 0.688. The van der Waals surface area contributed by atoms with Crippen LogP contribution in [0.15, 0.2) is 77.7 Å². The van der Waals surface area contributed by atoms with Crippen LogP contribution in [0, 0.1) is 0 Å². The van der Waals surface area contributed by atoms with E-state index in [4.69, 9.17) is 5.73 Å². The smallest absolute Gasteiger partial charge is 0.122 e.